The molecule has 0 bridgehead atoms. The minimum Gasteiger partial charge on any atom is -0.422 e. The summed E-state index contributed by atoms with van der Waals surface area (Å²) in [5.41, 5.74) is -0.00247. The summed E-state index contributed by atoms with van der Waals surface area (Å²) in [4.78, 5) is 26.4. The fourth-order valence-electron chi connectivity index (χ4n) is 2.97. The number of fused-ring (bicyclic) bond motifs is 1. The van der Waals surface area contributed by atoms with E-state index >= 15 is 0 Å². The van der Waals surface area contributed by atoms with Crippen molar-refractivity contribution in [2.45, 2.75) is 12.8 Å². The van der Waals surface area contributed by atoms with Gasteiger partial charge in [-0.2, -0.15) is 0 Å². The quantitative estimate of drug-likeness (QED) is 0.492. The van der Waals surface area contributed by atoms with Gasteiger partial charge in [-0.05, 0) is 30.9 Å². The van der Waals surface area contributed by atoms with Gasteiger partial charge < -0.3 is 14.1 Å². The standard InChI is InChI=1S/C19H19NO4/c1-2-11-23-13-14-7-9-20(10-8-14)18(21)16-12-15-5-3-4-6-17(15)24-19(16)22/h1,3-6,12,14H,7-11,13H2. The Morgan fingerprint density at radius 3 is 2.83 bits per heavy atom. The van der Waals surface area contributed by atoms with Crippen molar-refractivity contribution in [1.29, 1.82) is 0 Å². The number of carbonyl (C=O) groups excluding carboxylic acids is 1. The summed E-state index contributed by atoms with van der Waals surface area (Å²) in [6, 6.07) is 8.79. The summed E-state index contributed by atoms with van der Waals surface area (Å²) in [7, 11) is 0. The van der Waals surface area contributed by atoms with Crippen LogP contribution in [0.2, 0.25) is 0 Å². The molecule has 3 rings (SSSR count). The zero-order valence-electron chi connectivity index (χ0n) is 13.4. The number of nitrogens with zero attached hydrogens (tertiary/aromatic N) is 1. The van der Waals surface area contributed by atoms with Gasteiger partial charge in [0.1, 0.15) is 17.8 Å². The number of terminal acetylenes is 1. The topological polar surface area (TPSA) is 59.8 Å². The molecule has 1 aromatic heterocycles. The summed E-state index contributed by atoms with van der Waals surface area (Å²) < 4.78 is 10.6. The number of amides is 1. The fourth-order valence-corrected chi connectivity index (χ4v) is 2.97. The maximum Gasteiger partial charge on any atom is 0.349 e. The largest absolute Gasteiger partial charge is 0.422 e. The lowest BCUT2D eigenvalue weighted by Gasteiger charge is -2.31. The van der Waals surface area contributed by atoms with Gasteiger partial charge in [0.25, 0.3) is 5.91 Å². The monoisotopic (exact) mass is 325 g/mol. The van der Waals surface area contributed by atoms with Gasteiger partial charge in [-0.25, -0.2) is 4.79 Å². The smallest absolute Gasteiger partial charge is 0.349 e. The van der Waals surface area contributed by atoms with E-state index in [0.717, 1.165) is 18.2 Å². The number of piperidine rings is 1. The molecule has 0 unspecified atom stereocenters. The first-order valence-electron chi connectivity index (χ1n) is 8.02. The van der Waals surface area contributed by atoms with E-state index in [1.165, 1.54) is 0 Å². The molecule has 1 fully saturated rings. The van der Waals surface area contributed by atoms with Crippen LogP contribution in [-0.2, 0) is 4.74 Å². The van der Waals surface area contributed by atoms with Gasteiger partial charge in [-0.3, -0.25) is 4.79 Å². The summed E-state index contributed by atoms with van der Waals surface area (Å²) in [6.45, 7) is 2.14. The number of hydrogen-bond acceptors (Lipinski definition) is 4. The van der Waals surface area contributed by atoms with Crippen LogP contribution in [0, 0.1) is 18.3 Å². The number of rotatable bonds is 4. The Hall–Kier alpha value is -2.58. The molecule has 0 N–H and O–H groups in total. The van der Waals surface area contributed by atoms with Crippen molar-refractivity contribution in [3.05, 3.63) is 46.3 Å². The van der Waals surface area contributed by atoms with Crippen LogP contribution in [-0.4, -0.2) is 37.1 Å². The third-order valence-electron chi connectivity index (χ3n) is 4.31. The van der Waals surface area contributed by atoms with Gasteiger partial charge in [-0.1, -0.05) is 24.1 Å². The second kappa shape index (κ2) is 7.33. The lowest BCUT2D eigenvalue weighted by Crippen LogP contribution is -2.41. The van der Waals surface area contributed by atoms with Crippen LogP contribution in [0.4, 0.5) is 0 Å². The second-order valence-electron chi connectivity index (χ2n) is 5.94. The first-order chi connectivity index (χ1) is 11.7. The van der Waals surface area contributed by atoms with E-state index < -0.39 is 5.63 Å². The van der Waals surface area contributed by atoms with Crippen LogP contribution in [0.5, 0.6) is 0 Å². The lowest BCUT2D eigenvalue weighted by molar-refractivity contribution is 0.0578. The van der Waals surface area contributed by atoms with Gasteiger partial charge in [0.2, 0.25) is 0 Å². The van der Waals surface area contributed by atoms with Crippen molar-refractivity contribution in [2.75, 3.05) is 26.3 Å². The molecule has 1 aliphatic heterocycles. The molecule has 0 spiro atoms. The summed E-state index contributed by atoms with van der Waals surface area (Å²) >= 11 is 0. The Kier molecular flexibility index (Phi) is 4.97. The van der Waals surface area contributed by atoms with E-state index in [2.05, 4.69) is 5.92 Å². The number of benzene rings is 1. The molecule has 1 amide bonds. The average molecular weight is 325 g/mol. The highest BCUT2D eigenvalue weighted by molar-refractivity contribution is 5.96. The first kappa shape index (κ1) is 16.3. The number of likely N-dealkylation sites (tertiary alicyclic amines) is 1. The predicted molar refractivity (Wildman–Crippen MR) is 90.8 cm³/mol. The van der Waals surface area contributed by atoms with Crippen molar-refractivity contribution in [1.82, 2.24) is 4.90 Å². The van der Waals surface area contributed by atoms with Gasteiger partial charge in [0, 0.05) is 18.5 Å². The Balaban J connectivity index is 1.69. The SMILES string of the molecule is C#CCOCC1CCN(C(=O)c2cc3ccccc3oc2=O)CC1. The summed E-state index contributed by atoms with van der Waals surface area (Å²) in [6.07, 6.45) is 6.84. The van der Waals surface area contributed by atoms with Gasteiger partial charge >= 0.3 is 5.63 Å². The normalized spacial score (nSPS) is 15.4. The molecule has 5 heteroatoms. The van der Waals surface area contributed by atoms with E-state index in [9.17, 15) is 9.59 Å². The molecular formula is C19H19NO4. The molecule has 124 valence electrons. The van der Waals surface area contributed by atoms with Crippen molar-refractivity contribution in [2.24, 2.45) is 5.92 Å². The van der Waals surface area contributed by atoms with Gasteiger partial charge in [0.15, 0.2) is 0 Å². The Labute approximate surface area is 140 Å². The van der Waals surface area contributed by atoms with E-state index in [0.29, 0.717) is 37.8 Å². The lowest BCUT2D eigenvalue weighted by atomic mass is 9.97. The van der Waals surface area contributed by atoms with Crippen molar-refractivity contribution >= 4 is 16.9 Å². The van der Waals surface area contributed by atoms with Gasteiger partial charge in [0.05, 0.1) is 6.61 Å². The molecule has 24 heavy (non-hydrogen) atoms. The Bertz CT molecular complexity index is 825. The molecule has 2 heterocycles. The highest BCUT2D eigenvalue weighted by Crippen LogP contribution is 2.20. The van der Waals surface area contributed by atoms with Gasteiger partial charge in [-0.15, -0.1) is 6.42 Å². The number of carbonyl (C=O) groups is 1. The zero-order valence-corrected chi connectivity index (χ0v) is 13.4. The maximum atomic E-state index is 12.6. The van der Waals surface area contributed by atoms with Crippen molar-refractivity contribution < 1.29 is 13.9 Å². The second-order valence-corrected chi connectivity index (χ2v) is 5.94. The minimum atomic E-state index is -0.585. The molecular weight excluding hydrogens is 306 g/mol. The van der Waals surface area contributed by atoms with Crippen LogP contribution in [0.25, 0.3) is 11.0 Å². The maximum absolute atomic E-state index is 12.6. The van der Waals surface area contributed by atoms with E-state index in [1.807, 2.05) is 12.1 Å². The number of para-hydroxylation sites is 1. The molecule has 0 aliphatic carbocycles. The highest BCUT2D eigenvalue weighted by atomic mass is 16.5. The molecule has 1 aliphatic rings. The fraction of sp³-hybridized carbons (Fsp3) is 0.368. The van der Waals surface area contributed by atoms with Crippen LogP contribution < -0.4 is 5.63 Å². The molecule has 0 atom stereocenters. The first-order valence-corrected chi connectivity index (χ1v) is 8.02. The van der Waals surface area contributed by atoms with E-state index in [4.69, 9.17) is 15.6 Å². The third-order valence-corrected chi connectivity index (χ3v) is 4.31. The third kappa shape index (κ3) is 3.50. The van der Waals surface area contributed by atoms with Crippen LogP contribution in [0.15, 0.2) is 39.5 Å². The zero-order chi connectivity index (χ0) is 16.9. The predicted octanol–water partition coefficient (Wildman–Crippen LogP) is 2.29. The van der Waals surface area contributed by atoms with Crippen LogP contribution in [0.1, 0.15) is 23.2 Å². The van der Waals surface area contributed by atoms with Crippen LogP contribution in [0.3, 0.4) is 0 Å². The Morgan fingerprint density at radius 2 is 2.08 bits per heavy atom. The number of hydrogen-bond donors (Lipinski definition) is 0. The van der Waals surface area contributed by atoms with Crippen molar-refractivity contribution in [3.63, 3.8) is 0 Å². The highest BCUT2D eigenvalue weighted by Gasteiger charge is 2.26. The molecule has 1 saturated heterocycles. The molecule has 1 aromatic carbocycles. The Morgan fingerprint density at radius 1 is 1.33 bits per heavy atom. The molecule has 0 saturated carbocycles. The summed E-state index contributed by atoms with van der Waals surface area (Å²) in [5.74, 6) is 2.58. The number of ether oxygens (including phenoxy) is 1. The summed E-state index contributed by atoms with van der Waals surface area (Å²) in [5, 5.41) is 0.748. The van der Waals surface area contributed by atoms with Crippen molar-refractivity contribution in [3.8, 4) is 12.3 Å². The molecule has 2 aromatic rings. The average Bonchev–Trinajstić information content (AvgIpc) is 2.61. The molecule has 0 radical (unpaired) electrons. The molecule has 5 nitrogen and oxygen atoms in total. The minimum absolute atomic E-state index is 0.0933. The van der Waals surface area contributed by atoms with E-state index in [1.54, 1.807) is 23.1 Å². The van der Waals surface area contributed by atoms with E-state index in [-0.39, 0.29) is 11.5 Å². The van der Waals surface area contributed by atoms with Crippen LogP contribution >= 0.6 is 0 Å².